The first-order chi connectivity index (χ1) is 19.0. The van der Waals surface area contributed by atoms with E-state index in [-0.39, 0.29) is 22.5 Å². The predicted octanol–water partition coefficient (Wildman–Crippen LogP) is 7.42. The van der Waals surface area contributed by atoms with Crippen LogP contribution in [0.2, 0.25) is 0 Å². The summed E-state index contributed by atoms with van der Waals surface area (Å²) in [7, 11) is 0. The fourth-order valence-corrected chi connectivity index (χ4v) is 4.86. The number of benzene rings is 4. The van der Waals surface area contributed by atoms with Gasteiger partial charge in [0.1, 0.15) is 23.0 Å². The van der Waals surface area contributed by atoms with Crippen molar-refractivity contribution in [3.8, 4) is 17.2 Å². The highest BCUT2D eigenvalue weighted by molar-refractivity contribution is 6.51. The minimum atomic E-state index is -0.904. The van der Waals surface area contributed by atoms with Crippen LogP contribution in [0.4, 0.5) is 5.69 Å². The molecule has 0 radical (unpaired) electrons. The summed E-state index contributed by atoms with van der Waals surface area (Å²) in [6.45, 7) is 8.07. The average molecular weight is 534 g/mol. The molecule has 1 heterocycles. The molecule has 0 aliphatic carbocycles. The van der Waals surface area contributed by atoms with Crippen molar-refractivity contribution in [3.05, 3.63) is 125 Å². The minimum absolute atomic E-state index is 0.00513. The Kier molecular flexibility index (Phi) is 6.94. The fraction of sp³-hybridized carbons (Fsp3) is 0.176. The van der Waals surface area contributed by atoms with Crippen molar-refractivity contribution in [1.82, 2.24) is 0 Å². The SMILES string of the molecule is Cc1ccc(C(C)(C)C)cc1/C(O)=C1\C(=O)C(=O)N(c2ccc(Oc3ccccc3)cc2)C1c1ccc(O)cc1. The Labute approximate surface area is 233 Å². The number of ether oxygens (including phenoxy) is 1. The number of phenols is 1. The van der Waals surface area contributed by atoms with Crippen LogP contribution >= 0.6 is 0 Å². The maximum atomic E-state index is 13.6. The number of Topliss-reactive ketones (excluding diaryl/α,β-unsaturated/α-hetero) is 1. The van der Waals surface area contributed by atoms with Gasteiger partial charge in [-0.1, -0.05) is 63.2 Å². The van der Waals surface area contributed by atoms with Crippen molar-refractivity contribution < 1.29 is 24.5 Å². The lowest BCUT2D eigenvalue weighted by Crippen LogP contribution is -2.29. The first kappa shape index (κ1) is 26.8. The van der Waals surface area contributed by atoms with Gasteiger partial charge in [0.15, 0.2) is 0 Å². The molecule has 5 rings (SSSR count). The van der Waals surface area contributed by atoms with Gasteiger partial charge in [0.05, 0.1) is 11.6 Å². The first-order valence-corrected chi connectivity index (χ1v) is 13.1. The molecule has 4 aromatic carbocycles. The van der Waals surface area contributed by atoms with E-state index >= 15 is 0 Å². The zero-order valence-electron chi connectivity index (χ0n) is 22.9. The summed E-state index contributed by atoms with van der Waals surface area (Å²) in [5.41, 5.74) is 3.13. The number of aliphatic hydroxyl groups is 1. The Hall–Kier alpha value is -4.84. The molecule has 4 aromatic rings. The summed E-state index contributed by atoms with van der Waals surface area (Å²) in [5.74, 6) is -0.458. The molecule has 0 aromatic heterocycles. The molecule has 1 aliphatic rings. The fourth-order valence-electron chi connectivity index (χ4n) is 4.86. The molecule has 6 nitrogen and oxygen atoms in total. The lowest BCUT2D eigenvalue weighted by atomic mass is 9.84. The van der Waals surface area contributed by atoms with Crippen molar-refractivity contribution in [1.29, 1.82) is 0 Å². The molecule has 0 bridgehead atoms. The predicted molar refractivity (Wildman–Crippen MR) is 156 cm³/mol. The number of anilines is 1. The van der Waals surface area contributed by atoms with E-state index in [2.05, 4.69) is 20.8 Å². The van der Waals surface area contributed by atoms with E-state index in [0.29, 0.717) is 28.3 Å². The molecule has 1 amide bonds. The van der Waals surface area contributed by atoms with Crippen LogP contribution in [0.15, 0.2) is 103 Å². The topological polar surface area (TPSA) is 87.1 Å². The molecule has 1 fully saturated rings. The highest BCUT2D eigenvalue weighted by atomic mass is 16.5. The Morgan fingerprint density at radius 3 is 2.08 bits per heavy atom. The number of ketones is 1. The van der Waals surface area contributed by atoms with Crippen molar-refractivity contribution in [2.45, 2.75) is 39.2 Å². The van der Waals surface area contributed by atoms with Gasteiger partial charge in [-0.15, -0.1) is 0 Å². The van der Waals surface area contributed by atoms with E-state index in [1.807, 2.05) is 55.5 Å². The Morgan fingerprint density at radius 2 is 1.45 bits per heavy atom. The molecule has 40 heavy (non-hydrogen) atoms. The number of nitrogens with zero attached hydrogens (tertiary/aromatic N) is 1. The van der Waals surface area contributed by atoms with Crippen molar-refractivity contribution in [2.24, 2.45) is 0 Å². The molecule has 1 saturated heterocycles. The molecule has 202 valence electrons. The van der Waals surface area contributed by atoms with E-state index in [1.54, 1.807) is 36.4 Å². The summed E-state index contributed by atoms with van der Waals surface area (Å²) in [4.78, 5) is 28.5. The number of aromatic hydroxyl groups is 1. The molecule has 0 saturated carbocycles. The van der Waals surface area contributed by atoms with Gasteiger partial charge in [0.25, 0.3) is 11.7 Å². The summed E-state index contributed by atoms with van der Waals surface area (Å²) >= 11 is 0. The van der Waals surface area contributed by atoms with Gasteiger partial charge in [0, 0.05) is 11.3 Å². The second kappa shape index (κ2) is 10.4. The van der Waals surface area contributed by atoms with Crippen LogP contribution in [0.5, 0.6) is 17.2 Å². The molecule has 1 atom stereocenters. The number of para-hydroxylation sites is 1. The van der Waals surface area contributed by atoms with Crippen LogP contribution in [-0.2, 0) is 15.0 Å². The van der Waals surface area contributed by atoms with Gasteiger partial charge >= 0.3 is 0 Å². The summed E-state index contributed by atoms with van der Waals surface area (Å²) in [6.07, 6.45) is 0. The standard InChI is InChI=1S/C34H31NO5/c1-21-10-13-23(34(2,3)4)20-28(21)31(37)29-30(22-11-16-25(36)17-12-22)35(33(39)32(29)38)24-14-18-27(19-15-24)40-26-8-6-5-7-9-26/h5-20,30,36-37H,1-4H3/b31-29+. The van der Waals surface area contributed by atoms with Crippen LogP contribution in [-0.4, -0.2) is 21.9 Å². The summed E-state index contributed by atoms with van der Waals surface area (Å²) in [6, 6.07) is 27.4. The third-order valence-electron chi connectivity index (χ3n) is 7.11. The molecule has 2 N–H and O–H groups in total. The Balaban J connectivity index is 1.62. The molecular weight excluding hydrogens is 502 g/mol. The van der Waals surface area contributed by atoms with Crippen LogP contribution in [0.1, 0.15) is 49.1 Å². The van der Waals surface area contributed by atoms with Crippen molar-refractivity contribution in [2.75, 3.05) is 4.90 Å². The van der Waals surface area contributed by atoms with Crippen LogP contribution in [0.25, 0.3) is 5.76 Å². The quantitative estimate of drug-likeness (QED) is 0.158. The largest absolute Gasteiger partial charge is 0.508 e. The van der Waals surface area contributed by atoms with Gasteiger partial charge in [-0.05, 0) is 83.6 Å². The number of rotatable bonds is 5. The zero-order chi connectivity index (χ0) is 28.6. The maximum absolute atomic E-state index is 13.6. The van der Waals surface area contributed by atoms with Crippen LogP contribution in [0.3, 0.4) is 0 Å². The molecular formula is C34H31NO5. The van der Waals surface area contributed by atoms with Gasteiger partial charge in [-0.2, -0.15) is 0 Å². The van der Waals surface area contributed by atoms with E-state index in [4.69, 9.17) is 4.74 Å². The highest BCUT2D eigenvalue weighted by Gasteiger charge is 2.47. The van der Waals surface area contributed by atoms with E-state index in [1.165, 1.54) is 17.0 Å². The smallest absolute Gasteiger partial charge is 0.300 e. The summed E-state index contributed by atoms with van der Waals surface area (Å²) in [5, 5.41) is 21.6. The minimum Gasteiger partial charge on any atom is -0.508 e. The Bertz CT molecular complexity index is 1600. The Morgan fingerprint density at radius 1 is 0.825 bits per heavy atom. The number of carbonyl (C=O) groups excluding carboxylic acids is 2. The number of hydrogen-bond donors (Lipinski definition) is 2. The highest BCUT2D eigenvalue weighted by Crippen LogP contribution is 2.43. The van der Waals surface area contributed by atoms with Crippen LogP contribution < -0.4 is 9.64 Å². The maximum Gasteiger partial charge on any atom is 0.300 e. The van der Waals surface area contributed by atoms with Crippen LogP contribution in [0, 0.1) is 6.92 Å². The van der Waals surface area contributed by atoms with Gasteiger partial charge < -0.3 is 14.9 Å². The normalized spacial score (nSPS) is 16.8. The van der Waals surface area contributed by atoms with Crippen molar-refractivity contribution >= 4 is 23.1 Å². The average Bonchev–Trinajstić information content (AvgIpc) is 3.19. The molecule has 1 unspecified atom stereocenters. The second-order valence-corrected chi connectivity index (χ2v) is 10.9. The number of aryl methyl sites for hydroxylation is 1. The number of amides is 1. The van der Waals surface area contributed by atoms with Gasteiger partial charge in [-0.25, -0.2) is 0 Å². The number of carbonyl (C=O) groups is 2. The molecule has 0 spiro atoms. The van der Waals surface area contributed by atoms with E-state index < -0.39 is 17.7 Å². The number of phenolic OH excluding ortho intramolecular Hbond substituents is 1. The zero-order valence-corrected chi connectivity index (χ0v) is 22.9. The first-order valence-electron chi connectivity index (χ1n) is 13.1. The monoisotopic (exact) mass is 533 g/mol. The third kappa shape index (κ3) is 5.08. The number of aliphatic hydroxyl groups excluding tert-OH is 1. The van der Waals surface area contributed by atoms with Gasteiger partial charge in [-0.3, -0.25) is 14.5 Å². The summed E-state index contributed by atoms with van der Waals surface area (Å²) < 4.78 is 5.89. The van der Waals surface area contributed by atoms with E-state index in [0.717, 1.165) is 11.1 Å². The second-order valence-electron chi connectivity index (χ2n) is 10.9. The number of hydrogen-bond acceptors (Lipinski definition) is 5. The van der Waals surface area contributed by atoms with Crippen molar-refractivity contribution in [3.63, 3.8) is 0 Å². The van der Waals surface area contributed by atoms with Gasteiger partial charge in [0.2, 0.25) is 0 Å². The lowest BCUT2D eigenvalue weighted by Gasteiger charge is -2.26. The molecule has 1 aliphatic heterocycles. The van der Waals surface area contributed by atoms with E-state index in [9.17, 15) is 19.8 Å². The lowest BCUT2D eigenvalue weighted by molar-refractivity contribution is -0.132. The molecule has 6 heteroatoms. The third-order valence-corrected chi connectivity index (χ3v) is 7.11.